The van der Waals surface area contributed by atoms with Gasteiger partial charge in [-0.25, -0.2) is 0 Å². The van der Waals surface area contributed by atoms with Crippen molar-refractivity contribution in [3.8, 4) is 0 Å². The first-order chi connectivity index (χ1) is 16.0. The largest absolute Gasteiger partial charge is 0.481 e. The molecule has 0 aromatic heterocycles. The number of alkyl halides is 1. The maximum Gasteiger partial charge on any atom is 0.310 e. The van der Waals surface area contributed by atoms with Crippen LogP contribution >= 0.6 is 15.9 Å². The molecule has 3 heterocycles. The van der Waals surface area contributed by atoms with E-state index in [2.05, 4.69) is 43.3 Å². The van der Waals surface area contributed by atoms with Crippen LogP contribution in [-0.4, -0.2) is 85.1 Å². The van der Waals surface area contributed by atoms with Crippen molar-refractivity contribution < 1.29 is 29.3 Å². The molecule has 7 atom stereocenters. The molecule has 198 valence electrons. The lowest BCUT2D eigenvalue weighted by Crippen LogP contribution is -2.63. The number of likely N-dealkylation sites (tertiary alicyclic amines) is 1. The summed E-state index contributed by atoms with van der Waals surface area (Å²) in [5, 5.41) is 20.3. The third-order valence-corrected chi connectivity index (χ3v) is 8.68. The molecule has 0 saturated carbocycles. The number of fused-ring (bicyclic) bond motifs is 1. The van der Waals surface area contributed by atoms with Crippen LogP contribution in [0.1, 0.15) is 61.3 Å². The predicted molar refractivity (Wildman–Crippen MR) is 136 cm³/mol. The van der Waals surface area contributed by atoms with Gasteiger partial charge < -0.3 is 24.7 Å². The number of aliphatic hydroxyl groups excluding tert-OH is 1. The number of ether oxygens (including phenoxy) is 1. The minimum Gasteiger partial charge on any atom is -0.481 e. The number of rotatable bonds is 9. The average Bonchev–Trinajstić information content (AvgIpc) is 3.28. The fourth-order valence-electron chi connectivity index (χ4n) is 6.91. The molecular weight excluding hydrogens is 516 g/mol. The summed E-state index contributed by atoms with van der Waals surface area (Å²) in [6, 6.07) is -1.67. The van der Waals surface area contributed by atoms with Gasteiger partial charge in [0.25, 0.3) is 0 Å². The summed E-state index contributed by atoms with van der Waals surface area (Å²) >= 11 is 3.57. The van der Waals surface area contributed by atoms with Crippen LogP contribution in [0.2, 0.25) is 0 Å². The van der Waals surface area contributed by atoms with Crippen molar-refractivity contribution in [3.63, 3.8) is 0 Å². The normalized spacial score (nSPS) is 33.3. The number of carboxylic acid groups (broad SMARTS) is 1. The van der Waals surface area contributed by atoms with Crippen LogP contribution in [0.3, 0.4) is 0 Å². The zero-order chi connectivity index (χ0) is 26.7. The second-order valence-electron chi connectivity index (χ2n) is 12.5. The average molecular weight is 558 g/mol. The molecule has 1 spiro atoms. The summed E-state index contributed by atoms with van der Waals surface area (Å²) in [5.74, 6) is -3.99. The predicted octanol–water partition coefficient (Wildman–Crippen LogP) is 3.07. The van der Waals surface area contributed by atoms with Gasteiger partial charge in [-0.2, -0.15) is 0 Å². The molecule has 3 rings (SSSR count). The molecule has 8 nitrogen and oxygen atoms in total. The number of hydrogen-bond donors (Lipinski definition) is 2. The minimum absolute atomic E-state index is 0.0710. The number of hydrogen-bond acceptors (Lipinski definition) is 5. The Kier molecular flexibility index (Phi) is 7.60. The summed E-state index contributed by atoms with van der Waals surface area (Å²) in [5.41, 5.74) is -1.91. The molecule has 3 aliphatic rings. The lowest BCUT2D eigenvalue weighted by molar-refractivity contribution is -0.157. The molecular formula is C26H41BrN2O6. The van der Waals surface area contributed by atoms with E-state index >= 15 is 0 Å². The summed E-state index contributed by atoms with van der Waals surface area (Å²) < 4.78 is 6.38. The maximum absolute atomic E-state index is 14.5. The van der Waals surface area contributed by atoms with Gasteiger partial charge in [-0.3, -0.25) is 14.4 Å². The highest BCUT2D eigenvalue weighted by Gasteiger charge is 2.77. The summed E-state index contributed by atoms with van der Waals surface area (Å²) in [7, 11) is 0. The highest BCUT2D eigenvalue weighted by atomic mass is 79.9. The Hall–Kier alpha value is -1.45. The Morgan fingerprint density at radius 1 is 1.31 bits per heavy atom. The van der Waals surface area contributed by atoms with E-state index in [1.807, 2.05) is 27.7 Å². The monoisotopic (exact) mass is 556 g/mol. The van der Waals surface area contributed by atoms with Crippen LogP contribution in [0.5, 0.6) is 0 Å². The van der Waals surface area contributed by atoms with Crippen LogP contribution in [0.15, 0.2) is 12.7 Å². The first-order valence-corrected chi connectivity index (χ1v) is 13.4. The van der Waals surface area contributed by atoms with E-state index in [-0.39, 0.29) is 35.2 Å². The first kappa shape index (κ1) is 28.1. The van der Waals surface area contributed by atoms with Crippen LogP contribution in [0, 0.1) is 23.2 Å². The molecule has 2 bridgehead atoms. The highest BCUT2D eigenvalue weighted by Crippen LogP contribution is 2.61. The number of aliphatic carboxylic acids is 1. The number of aliphatic hydroxyl groups is 1. The van der Waals surface area contributed by atoms with Crippen molar-refractivity contribution in [3.05, 3.63) is 12.7 Å². The Labute approximate surface area is 217 Å². The molecule has 0 aromatic rings. The fourth-order valence-corrected chi connectivity index (χ4v) is 7.85. The van der Waals surface area contributed by atoms with Gasteiger partial charge in [-0.1, -0.05) is 56.6 Å². The van der Waals surface area contributed by atoms with Gasteiger partial charge in [0.15, 0.2) is 0 Å². The number of nitrogens with zero attached hydrogens (tertiary/aromatic N) is 2. The molecule has 3 unspecified atom stereocenters. The number of halogens is 1. The number of carboxylic acids is 1. The minimum atomic E-state index is -1.27. The smallest absolute Gasteiger partial charge is 0.310 e. The Morgan fingerprint density at radius 2 is 1.91 bits per heavy atom. The Balaban J connectivity index is 2.18. The molecule has 2 N–H and O–H groups in total. The van der Waals surface area contributed by atoms with E-state index in [0.29, 0.717) is 12.8 Å². The molecule has 35 heavy (non-hydrogen) atoms. The van der Waals surface area contributed by atoms with E-state index in [1.54, 1.807) is 11.0 Å². The molecule has 3 aliphatic heterocycles. The molecule has 0 aromatic carbocycles. The Morgan fingerprint density at radius 3 is 2.37 bits per heavy atom. The molecule has 0 aliphatic carbocycles. The van der Waals surface area contributed by atoms with Crippen LogP contribution in [0.4, 0.5) is 0 Å². The van der Waals surface area contributed by atoms with Gasteiger partial charge in [0.1, 0.15) is 11.6 Å². The third-order valence-electron chi connectivity index (χ3n) is 7.83. The van der Waals surface area contributed by atoms with E-state index < -0.39 is 53.0 Å². The first-order valence-electron chi connectivity index (χ1n) is 12.4. The number of carbonyl (C=O) groups is 3. The fraction of sp³-hybridized carbons (Fsp3) is 0.808. The zero-order valence-corrected chi connectivity index (χ0v) is 23.5. The van der Waals surface area contributed by atoms with Crippen LogP contribution in [-0.2, 0) is 19.1 Å². The molecule has 3 fully saturated rings. The summed E-state index contributed by atoms with van der Waals surface area (Å²) in [4.78, 5) is 43.7. The summed E-state index contributed by atoms with van der Waals surface area (Å²) in [6.07, 6.45) is 2.03. The van der Waals surface area contributed by atoms with E-state index in [9.17, 15) is 24.6 Å². The summed E-state index contributed by atoms with van der Waals surface area (Å²) in [6.45, 7) is 17.9. The maximum atomic E-state index is 14.5. The topological polar surface area (TPSA) is 107 Å². The van der Waals surface area contributed by atoms with Crippen molar-refractivity contribution in [1.82, 2.24) is 9.80 Å². The van der Waals surface area contributed by atoms with Crippen molar-refractivity contribution in [2.24, 2.45) is 23.2 Å². The van der Waals surface area contributed by atoms with Crippen LogP contribution in [0.25, 0.3) is 0 Å². The third kappa shape index (κ3) is 4.57. The SMILES string of the molecule is C=CCN(C(=O)C1N([C@@H](CO)C(C)C)C(=O)[C@@H]2[C@H](C(=O)O)[C@H]3OC12CC3Br)C(C)(C)CC(C)(C)C. The lowest BCUT2D eigenvalue weighted by atomic mass is 9.70. The second kappa shape index (κ2) is 9.45. The van der Waals surface area contributed by atoms with E-state index in [4.69, 9.17) is 4.74 Å². The van der Waals surface area contributed by atoms with Crippen molar-refractivity contribution in [2.45, 2.75) is 95.5 Å². The standard InChI is InChI=1S/C26H41BrN2O6/c1-9-10-28(25(7,8)13-24(4,5)6)22(32)20-26-11-15(27)19(35-26)17(23(33)34)18(26)21(31)29(20)16(12-30)14(2)3/h9,14-20,30H,1,10-13H2,2-8H3,(H,33,34)/t15?,16-,17-,18-,19-,20?,26?/m0/s1. The van der Waals surface area contributed by atoms with Crippen molar-refractivity contribution in [2.75, 3.05) is 13.2 Å². The zero-order valence-electron chi connectivity index (χ0n) is 22.0. The molecule has 9 heteroatoms. The van der Waals surface area contributed by atoms with Crippen LogP contribution < -0.4 is 0 Å². The van der Waals surface area contributed by atoms with Crippen molar-refractivity contribution in [1.29, 1.82) is 0 Å². The lowest BCUT2D eigenvalue weighted by Gasteiger charge is -2.47. The number of amides is 2. The molecule has 3 saturated heterocycles. The molecule has 2 amide bonds. The molecule has 0 radical (unpaired) electrons. The van der Waals surface area contributed by atoms with Gasteiger partial charge in [0, 0.05) is 16.9 Å². The van der Waals surface area contributed by atoms with E-state index in [1.165, 1.54) is 4.90 Å². The van der Waals surface area contributed by atoms with Crippen molar-refractivity contribution >= 4 is 33.7 Å². The highest BCUT2D eigenvalue weighted by molar-refractivity contribution is 9.09. The second-order valence-corrected chi connectivity index (χ2v) is 13.7. The Bertz CT molecular complexity index is 884. The number of carbonyl (C=O) groups excluding carboxylic acids is 2. The van der Waals surface area contributed by atoms with Gasteiger partial charge in [-0.15, -0.1) is 6.58 Å². The van der Waals surface area contributed by atoms with E-state index in [0.717, 1.165) is 0 Å². The van der Waals surface area contributed by atoms with Gasteiger partial charge in [0.2, 0.25) is 11.8 Å². The van der Waals surface area contributed by atoms with Gasteiger partial charge >= 0.3 is 5.97 Å². The van der Waals surface area contributed by atoms with Gasteiger partial charge in [0.05, 0.1) is 30.6 Å². The quantitative estimate of drug-likeness (QED) is 0.334. The van der Waals surface area contributed by atoms with Gasteiger partial charge in [-0.05, 0) is 38.0 Å².